The molecule has 2 unspecified atom stereocenters. The number of nitrogens with one attached hydrogen (secondary N) is 3. The van der Waals surface area contributed by atoms with Crippen LogP contribution in [0.4, 0.5) is 4.79 Å². The highest BCUT2D eigenvalue weighted by Gasteiger charge is 2.41. The van der Waals surface area contributed by atoms with Crippen LogP contribution in [-0.4, -0.2) is 34.9 Å². The smallest absolute Gasteiger partial charge is 0.313 e. The number of carbonyl (C=O) groups is 3. The molecule has 5 N–H and O–H groups in total. The lowest BCUT2D eigenvalue weighted by atomic mass is 9.80. The van der Waals surface area contributed by atoms with Crippen molar-refractivity contribution < 1.29 is 14.4 Å². The fourth-order valence-electron chi connectivity index (χ4n) is 4.07. The SMILES string of the molecule is Cc1csc(C(C)C(=O)NCC(NC(=O)C2(NC(N)=O)CCCCC2)c2ccccc2)n1. The molecule has 8 nitrogen and oxygen atoms in total. The Morgan fingerprint density at radius 3 is 2.44 bits per heavy atom. The van der Waals surface area contributed by atoms with Crippen LogP contribution < -0.4 is 21.7 Å². The van der Waals surface area contributed by atoms with Gasteiger partial charge in [0.2, 0.25) is 11.8 Å². The Morgan fingerprint density at radius 2 is 1.84 bits per heavy atom. The molecule has 3 rings (SSSR count). The Kier molecular flexibility index (Phi) is 7.84. The number of thiazole rings is 1. The number of aryl methyl sites for hydroxylation is 1. The van der Waals surface area contributed by atoms with Gasteiger partial charge in [0, 0.05) is 17.6 Å². The van der Waals surface area contributed by atoms with Crippen LogP contribution >= 0.6 is 11.3 Å². The third-order valence-corrected chi connectivity index (χ3v) is 7.04. The standard InChI is InChI=1S/C23H31N5O3S/c1-15-14-32-20(26-15)16(2)19(29)25-13-18(17-9-5-3-6-10-17)27-21(30)23(28-22(24)31)11-7-4-8-12-23/h3,5-6,9-10,14,16,18H,4,7-8,11-13H2,1-2H3,(H,25,29)(H,27,30)(H3,24,28,31). The Hall–Kier alpha value is -2.94. The van der Waals surface area contributed by atoms with E-state index in [0.717, 1.165) is 35.5 Å². The van der Waals surface area contributed by atoms with Gasteiger partial charge < -0.3 is 21.7 Å². The quantitative estimate of drug-likeness (QED) is 0.486. The third kappa shape index (κ3) is 5.85. The monoisotopic (exact) mass is 457 g/mol. The van der Waals surface area contributed by atoms with E-state index in [0.29, 0.717) is 12.8 Å². The van der Waals surface area contributed by atoms with Crippen molar-refractivity contribution in [3.8, 4) is 0 Å². The van der Waals surface area contributed by atoms with E-state index in [1.165, 1.54) is 11.3 Å². The molecule has 1 heterocycles. The molecule has 1 aliphatic carbocycles. The molecule has 0 spiro atoms. The van der Waals surface area contributed by atoms with E-state index in [-0.39, 0.29) is 24.3 Å². The van der Waals surface area contributed by atoms with Crippen LogP contribution in [0.2, 0.25) is 0 Å². The molecular weight excluding hydrogens is 426 g/mol. The van der Waals surface area contributed by atoms with Crippen molar-refractivity contribution in [2.75, 3.05) is 6.54 Å². The van der Waals surface area contributed by atoms with Gasteiger partial charge in [0.25, 0.3) is 0 Å². The van der Waals surface area contributed by atoms with Gasteiger partial charge >= 0.3 is 6.03 Å². The number of carbonyl (C=O) groups excluding carboxylic acids is 3. The third-order valence-electron chi connectivity index (χ3n) is 5.89. The Balaban J connectivity index is 1.73. The van der Waals surface area contributed by atoms with Crippen molar-refractivity contribution in [3.63, 3.8) is 0 Å². The number of nitrogens with two attached hydrogens (primary N) is 1. The fraction of sp³-hybridized carbons (Fsp3) is 0.478. The number of hydrogen-bond acceptors (Lipinski definition) is 5. The average molecular weight is 458 g/mol. The summed E-state index contributed by atoms with van der Waals surface area (Å²) < 4.78 is 0. The molecule has 2 atom stereocenters. The molecule has 2 aromatic rings. The van der Waals surface area contributed by atoms with Crippen LogP contribution in [0, 0.1) is 6.92 Å². The number of rotatable bonds is 8. The largest absolute Gasteiger partial charge is 0.353 e. The molecule has 0 aliphatic heterocycles. The van der Waals surface area contributed by atoms with Gasteiger partial charge in [-0.25, -0.2) is 9.78 Å². The van der Waals surface area contributed by atoms with Crippen molar-refractivity contribution in [3.05, 3.63) is 52.0 Å². The summed E-state index contributed by atoms with van der Waals surface area (Å²) >= 11 is 1.46. The predicted molar refractivity (Wildman–Crippen MR) is 124 cm³/mol. The first-order valence-electron chi connectivity index (χ1n) is 10.9. The van der Waals surface area contributed by atoms with Gasteiger partial charge in [-0.15, -0.1) is 11.3 Å². The number of primary amides is 1. The minimum atomic E-state index is -1.02. The van der Waals surface area contributed by atoms with E-state index in [9.17, 15) is 14.4 Å². The summed E-state index contributed by atoms with van der Waals surface area (Å²) in [5.41, 5.74) is 6.12. The van der Waals surface area contributed by atoms with Gasteiger partial charge in [0.1, 0.15) is 10.5 Å². The van der Waals surface area contributed by atoms with Crippen molar-refractivity contribution in [2.24, 2.45) is 5.73 Å². The Labute approximate surface area is 192 Å². The average Bonchev–Trinajstić information content (AvgIpc) is 3.22. The van der Waals surface area contributed by atoms with Crippen LogP contribution in [0.15, 0.2) is 35.7 Å². The van der Waals surface area contributed by atoms with E-state index in [4.69, 9.17) is 5.73 Å². The summed E-state index contributed by atoms with van der Waals surface area (Å²) in [6.07, 6.45) is 3.77. The second kappa shape index (κ2) is 10.6. The maximum Gasteiger partial charge on any atom is 0.313 e. The first-order chi connectivity index (χ1) is 15.3. The van der Waals surface area contributed by atoms with Crippen LogP contribution in [0.25, 0.3) is 0 Å². The summed E-state index contributed by atoms with van der Waals surface area (Å²) in [4.78, 5) is 42.1. The lowest BCUT2D eigenvalue weighted by Crippen LogP contribution is -2.61. The summed E-state index contributed by atoms with van der Waals surface area (Å²) in [5.74, 6) is -0.818. The van der Waals surface area contributed by atoms with E-state index < -0.39 is 17.6 Å². The van der Waals surface area contributed by atoms with Gasteiger partial charge in [0.05, 0.1) is 12.0 Å². The number of nitrogens with zero attached hydrogens (tertiary/aromatic N) is 1. The normalized spacial score (nSPS) is 17.1. The zero-order valence-corrected chi connectivity index (χ0v) is 19.3. The van der Waals surface area contributed by atoms with E-state index in [1.807, 2.05) is 49.6 Å². The molecule has 1 aliphatic rings. The molecule has 32 heavy (non-hydrogen) atoms. The van der Waals surface area contributed by atoms with Gasteiger partial charge in [-0.05, 0) is 32.3 Å². The maximum atomic E-state index is 13.3. The summed E-state index contributed by atoms with van der Waals surface area (Å²) in [6, 6.07) is 8.31. The van der Waals surface area contributed by atoms with Gasteiger partial charge in [0.15, 0.2) is 0 Å². The van der Waals surface area contributed by atoms with Gasteiger partial charge in [-0.2, -0.15) is 0 Å². The molecule has 0 bridgehead atoms. The first kappa shape index (κ1) is 23.7. The maximum absolute atomic E-state index is 13.3. The summed E-state index contributed by atoms with van der Waals surface area (Å²) in [5, 5.41) is 11.4. The molecule has 1 aromatic heterocycles. The molecule has 172 valence electrons. The van der Waals surface area contributed by atoms with Crippen LogP contribution in [-0.2, 0) is 9.59 Å². The van der Waals surface area contributed by atoms with Crippen LogP contribution in [0.3, 0.4) is 0 Å². The second-order valence-electron chi connectivity index (χ2n) is 8.36. The van der Waals surface area contributed by atoms with Gasteiger partial charge in [-0.1, -0.05) is 49.6 Å². The molecule has 9 heteroatoms. The van der Waals surface area contributed by atoms with Gasteiger partial charge in [-0.3, -0.25) is 9.59 Å². The molecular formula is C23H31N5O3S. The second-order valence-corrected chi connectivity index (χ2v) is 9.25. The topological polar surface area (TPSA) is 126 Å². The van der Waals surface area contributed by atoms with Crippen molar-refractivity contribution in [1.29, 1.82) is 0 Å². The highest BCUT2D eigenvalue weighted by atomic mass is 32.1. The molecule has 1 aromatic carbocycles. The molecule has 4 amide bonds. The Morgan fingerprint density at radius 1 is 1.16 bits per heavy atom. The zero-order chi connectivity index (χ0) is 23.1. The minimum absolute atomic E-state index is 0.155. The molecule has 0 saturated heterocycles. The van der Waals surface area contributed by atoms with E-state index in [1.54, 1.807) is 0 Å². The molecule has 1 fully saturated rings. The summed E-state index contributed by atoms with van der Waals surface area (Å²) in [7, 11) is 0. The highest BCUT2D eigenvalue weighted by molar-refractivity contribution is 7.09. The summed E-state index contributed by atoms with van der Waals surface area (Å²) in [6.45, 7) is 3.93. The van der Waals surface area contributed by atoms with Crippen LogP contribution in [0.5, 0.6) is 0 Å². The minimum Gasteiger partial charge on any atom is -0.353 e. The highest BCUT2D eigenvalue weighted by Crippen LogP contribution is 2.29. The fourth-order valence-corrected chi connectivity index (χ4v) is 4.92. The zero-order valence-electron chi connectivity index (χ0n) is 18.5. The lowest BCUT2D eigenvalue weighted by molar-refractivity contribution is -0.130. The first-order valence-corrected chi connectivity index (χ1v) is 11.8. The number of benzene rings is 1. The number of hydrogen-bond donors (Lipinski definition) is 4. The van der Waals surface area contributed by atoms with E-state index in [2.05, 4.69) is 20.9 Å². The van der Waals surface area contributed by atoms with E-state index >= 15 is 0 Å². The van der Waals surface area contributed by atoms with Crippen molar-refractivity contribution >= 4 is 29.2 Å². The number of amides is 4. The molecule has 0 radical (unpaired) electrons. The van der Waals surface area contributed by atoms with Crippen molar-refractivity contribution in [1.82, 2.24) is 20.9 Å². The predicted octanol–water partition coefficient (Wildman–Crippen LogP) is 2.90. The van der Waals surface area contributed by atoms with Crippen molar-refractivity contribution in [2.45, 2.75) is 63.5 Å². The Bertz CT molecular complexity index is 940. The van der Waals surface area contributed by atoms with Crippen LogP contribution in [0.1, 0.15) is 67.3 Å². The number of urea groups is 1. The lowest BCUT2D eigenvalue weighted by Gasteiger charge is -2.37. The molecule has 1 saturated carbocycles. The number of aromatic nitrogens is 1.